The van der Waals surface area contributed by atoms with Crippen LogP contribution < -0.4 is 11.5 Å². The van der Waals surface area contributed by atoms with Crippen LogP contribution in [0.4, 0.5) is 0 Å². The Labute approximate surface area is 111 Å². The molecule has 4 N–H and O–H groups in total. The first-order valence-electron chi connectivity index (χ1n) is 6.61. The standard InChI is InChI=1S/C14H18N4O/c15-13(19)14(16)7-3-5-11(8-14)18-12-6-2-1-4-10(12)9-17-18/h1-2,4,6,9,11H,3,5,7-8,16H2,(H2,15,19). The van der Waals surface area contributed by atoms with Crippen LogP contribution in [0.1, 0.15) is 31.7 Å². The molecule has 1 saturated carbocycles. The number of carbonyl (C=O) groups excluding carboxylic acids is 1. The van der Waals surface area contributed by atoms with Crippen molar-refractivity contribution in [2.24, 2.45) is 11.5 Å². The fraction of sp³-hybridized carbons (Fsp3) is 0.429. The normalized spacial score (nSPS) is 27.5. The van der Waals surface area contributed by atoms with Gasteiger partial charge in [0.1, 0.15) is 0 Å². The molecule has 5 heteroatoms. The van der Waals surface area contributed by atoms with Gasteiger partial charge in [-0.05, 0) is 31.7 Å². The highest BCUT2D eigenvalue weighted by atomic mass is 16.1. The molecular formula is C14H18N4O. The van der Waals surface area contributed by atoms with Crippen LogP contribution in [-0.2, 0) is 4.79 Å². The Kier molecular flexibility index (Phi) is 2.78. The minimum absolute atomic E-state index is 0.145. The minimum Gasteiger partial charge on any atom is -0.368 e. The summed E-state index contributed by atoms with van der Waals surface area (Å²) in [5.74, 6) is -0.409. The van der Waals surface area contributed by atoms with Crippen molar-refractivity contribution in [1.29, 1.82) is 0 Å². The number of para-hydroxylation sites is 1. The lowest BCUT2D eigenvalue weighted by molar-refractivity contribution is -0.124. The van der Waals surface area contributed by atoms with Crippen LogP contribution in [0.25, 0.3) is 10.9 Å². The van der Waals surface area contributed by atoms with Crippen molar-refractivity contribution in [3.63, 3.8) is 0 Å². The summed E-state index contributed by atoms with van der Waals surface area (Å²) in [6, 6.07) is 8.20. The number of hydrogen-bond acceptors (Lipinski definition) is 3. The molecule has 5 nitrogen and oxygen atoms in total. The van der Waals surface area contributed by atoms with E-state index in [9.17, 15) is 4.79 Å². The van der Waals surface area contributed by atoms with Gasteiger partial charge in [-0.2, -0.15) is 5.10 Å². The van der Waals surface area contributed by atoms with Gasteiger partial charge in [0.05, 0.1) is 23.3 Å². The van der Waals surface area contributed by atoms with Crippen LogP contribution in [0.15, 0.2) is 30.5 Å². The average Bonchev–Trinajstić information content (AvgIpc) is 2.82. The molecule has 1 heterocycles. The third-order valence-electron chi connectivity index (χ3n) is 4.10. The minimum atomic E-state index is -0.893. The smallest absolute Gasteiger partial charge is 0.237 e. The molecule has 1 fully saturated rings. The molecule has 19 heavy (non-hydrogen) atoms. The molecule has 1 aliphatic carbocycles. The van der Waals surface area contributed by atoms with Crippen molar-refractivity contribution in [3.05, 3.63) is 30.5 Å². The molecule has 2 atom stereocenters. The topological polar surface area (TPSA) is 86.9 Å². The average molecular weight is 258 g/mol. The molecule has 0 spiro atoms. The van der Waals surface area contributed by atoms with Gasteiger partial charge in [0, 0.05) is 5.39 Å². The number of fused-ring (bicyclic) bond motifs is 1. The molecule has 1 aromatic carbocycles. The Balaban J connectivity index is 1.96. The quantitative estimate of drug-likeness (QED) is 0.852. The Bertz CT molecular complexity index is 621. The highest BCUT2D eigenvalue weighted by Crippen LogP contribution is 2.35. The molecule has 2 aromatic rings. The lowest BCUT2D eigenvalue weighted by atomic mass is 9.79. The Morgan fingerprint density at radius 1 is 1.42 bits per heavy atom. The van der Waals surface area contributed by atoms with Gasteiger partial charge in [-0.3, -0.25) is 9.48 Å². The maximum absolute atomic E-state index is 11.5. The van der Waals surface area contributed by atoms with E-state index in [1.54, 1.807) is 0 Å². The largest absolute Gasteiger partial charge is 0.368 e. The van der Waals surface area contributed by atoms with Gasteiger partial charge >= 0.3 is 0 Å². The molecule has 1 aliphatic rings. The Morgan fingerprint density at radius 2 is 2.21 bits per heavy atom. The van der Waals surface area contributed by atoms with Crippen LogP contribution in [0.5, 0.6) is 0 Å². The molecule has 3 rings (SSSR count). The van der Waals surface area contributed by atoms with E-state index in [4.69, 9.17) is 11.5 Å². The maximum Gasteiger partial charge on any atom is 0.237 e. The van der Waals surface area contributed by atoms with E-state index in [0.717, 1.165) is 23.7 Å². The maximum atomic E-state index is 11.5. The van der Waals surface area contributed by atoms with Gasteiger partial charge in [0.25, 0.3) is 0 Å². The molecule has 2 unspecified atom stereocenters. The summed E-state index contributed by atoms with van der Waals surface area (Å²) in [5, 5.41) is 5.56. The van der Waals surface area contributed by atoms with Crippen LogP contribution in [0.3, 0.4) is 0 Å². The first-order valence-corrected chi connectivity index (χ1v) is 6.61. The second kappa shape index (κ2) is 4.35. The number of aromatic nitrogens is 2. The van der Waals surface area contributed by atoms with E-state index in [1.165, 1.54) is 0 Å². The summed E-state index contributed by atoms with van der Waals surface area (Å²) in [6.45, 7) is 0. The van der Waals surface area contributed by atoms with Gasteiger partial charge in [-0.1, -0.05) is 18.2 Å². The second-order valence-corrected chi connectivity index (χ2v) is 5.42. The highest BCUT2D eigenvalue weighted by Gasteiger charge is 2.38. The van der Waals surface area contributed by atoms with Crippen LogP contribution in [0, 0.1) is 0 Å². The number of nitrogens with two attached hydrogens (primary N) is 2. The lowest BCUT2D eigenvalue weighted by Crippen LogP contribution is -2.54. The van der Waals surface area contributed by atoms with Gasteiger partial charge in [0.2, 0.25) is 5.91 Å². The SMILES string of the molecule is NC(=O)C1(N)CCCC(n2ncc3ccccc32)C1. The number of amides is 1. The van der Waals surface area contributed by atoms with Gasteiger partial charge in [0.15, 0.2) is 0 Å². The first-order chi connectivity index (χ1) is 9.10. The Hall–Kier alpha value is -1.88. The van der Waals surface area contributed by atoms with Gasteiger partial charge in [-0.15, -0.1) is 0 Å². The van der Waals surface area contributed by atoms with E-state index in [2.05, 4.69) is 5.10 Å². The van der Waals surface area contributed by atoms with Crippen molar-refractivity contribution in [2.75, 3.05) is 0 Å². The van der Waals surface area contributed by atoms with Gasteiger partial charge < -0.3 is 11.5 Å². The molecule has 0 aliphatic heterocycles. The predicted molar refractivity (Wildman–Crippen MR) is 73.4 cm³/mol. The summed E-state index contributed by atoms with van der Waals surface area (Å²) in [7, 11) is 0. The van der Waals surface area contributed by atoms with Crippen molar-refractivity contribution >= 4 is 16.8 Å². The molecule has 100 valence electrons. The van der Waals surface area contributed by atoms with Crippen LogP contribution >= 0.6 is 0 Å². The van der Waals surface area contributed by atoms with E-state index >= 15 is 0 Å². The summed E-state index contributed by atoms with van der Waals surface area (Å²) < 4.78 is 1.99. The zero-order valence-corrected chi connectivity index (χ0v) is 10.7. The fourth-order valence-electron chi connectivity index (χ4n) is 2.99. The third kappa shape index (κ3) is 2.00. The Morgan fingerprint density at radius 3 is 3.00 bits per heavy atom. The van der Waals surface area contributed by atoms with E-state index in [0.29, 0.717) is 12.8 Å². The molecular weight excluding hydrogens is 240 g/mol. The van der Waals surface area contributed by atoms with E-state index < -0.39 is 11.4 Å². The van der Waals surface area contributed by atoms with Crippen LogP contribution in [0.2, 0.25) is 0 Å². The summed E-state index contributed by atoms with van der Waals surface area (Å²) in [6.07, 6.45) is 4.97. The highest BCUT2D eigenvalue weighted by molar-refractivity contribution is 5.84. The number of carbonyl (C=O) groups is 1. The van der Waals surface area contributed by atoms with Crippen LogP contribution in [-0.4, -0.2) is 21.2 Å². The van der Waals surface area contributed by atoms with E-state index in [1.807, 2.05) is 35.1 Å². The summed E-state index contributed by atoms with van der Waals surface area (Å²) in [4.78, 5) is 11.5. The molecule has 0 bridgehead atoms. The van der Waals surface area contributed by atoms with Crippen molar-refractivity contribution in [3.8, 4) is 0 Å². The van der Waals surface area contributed by atoms with Gasteiger partial charge in [-0.25, -0.2) is 0 Å². The van der Waals surface area contributed by atoms with E-state index in [-0.39, 0.29) is 6.04 Å². The summed E-state index contributed by atoms with van der Waals surface area (Å²) in [5.41, 5.74) is 11.8. The number of benzene rings is 1. The zero-order valence-electron chi connectivity index (χ0n) is 10.7. The number of primary amides is 1. The van der Waals surface area contributed by atoms with Crippen molar-refractivity contribution in [1.82, 2.24) is 9.78 Å². The zero-order chi connectivity index (χ0) is 13.5. The molecule has 0 saturated heterocycles. The first kappa shape index (κ1) is 12.2. The molecule has 1 amide bonds. The lowest BCUT2D eigenvalue weighted by Gasteiger charge is -2.35. The number of hydrogen-bond donors (Lipinski definition) is 2. The summed E-state index contributed by atoms with van der Waals surface area (Å²) >= 11 is 0. The van der Waals surface area contributed by atoms with Crippen molar-refractivity contribution < 1.29 is 4.79 Å². The second-order valence-electron chi connectivity index (χ2n) is 5.42. The number of nitrogens with zero attached hydrogens (tertiary/aromatic N) is 2. The third-order valence-corrected chi connectivity index (χ3v) is 4.10. The molecule has 1 aromatic heterocycles. The predicted octanol–water partition coefficient (Wildman–Crippen LogP) is 1.33. The monoisotopic (exact) mass is 258 g/mol. The fourth-order valence-corrected chi connectivity index (χ4v) is 2.99. The molecule has 0 radical (unpaired) electrons. The van der Waals surface area contributed by atoms with Crippen molar-refractivity contribution in [2.45, 2.75) is 37.3 Å². The number of rotatable bonds is 2.